The molecule has 0 aliphatic carbocycles. The zero-order chi connectivity index (χ0) is 15.0. The Morgan fingerprint density at radius 3 is 2.71 bits per heavy atom. The highest BCUT2D eigenvalue weighted by atomic mass is 19.1. The maximum Gasteiger partial charge on any atom is 0.135 e. The maximum atomic E-state index is 13.3. The predicted octanol–water partition coefficient (Wildman–Crippen LogP) is 3.48. The van der Waals surface area contributed by atoms with Crippen LogP contribution in [0.1, 0.15) is 37.7 Å². The van der Waals surface area contributed by atoms with Gasteiger partial charge in [0, 0.05) is 24.7 Å². The van der Waals surface area contributed by atoms with Crippen LogP contribution in [0.4, 0.5) is 10.2 Å². The van der Waals surface area contributed by atoms with Crippen molar-refractivity contribution < 1.29 is 4.39 Å². The van der Waals surface area contributed by atoms with Crippen LogP contribution in [0, 0.1) is 5.82 Å². The van der Waals surface area contributed by atoms with E-state index in [2.05, 4.69) is 30.7 Å². The monoisotopic (exact) mass is 285 g/mol. The van der Waals surface area contributed by atoms with Crippen molar-refractivity contribution in [3.05, 3.63) is 53.2 Å². The summed E-state index contributed by atoms with van der Waals surface area (Å²) >= 11 is 0. The van der Waals surface area contributed by atoms with E-state index in [9.17, 15) is 4.39 Å². The van der Waals surface area contributed by atoms with E-state index in [0.717, 1.165) is 36.7 Å². The van der Waals surface area contributed by atoms with Crippen molar-refractivity contribution >= 4 is 5.82 Å². The van der Waals surface area contributed by atoms with Gasteiger partial charge in [-0.3, -0.25) is 0 Å². The summed E-state index contributed by atoms with van der Waals surface area (Å²) < 4.78 is 13.3. The fraction of sp³-hybridized carbons (Fsp3) is 0.412. The molecule has 0 atom stereocenters. The van der Waals surface area contributed by atoms with Crippen LogP contribution < -0.4 is 4.90 Å². The van der Waals surface area contributed by atoms with E-state index in [1.807, 2.05) is 18.3 Å². The minimum absolute atomic E-state index is 0.0627. The van der Waals surface area contributed by atoms with Gasteiger partial charge >= 0.3 is 0 Å². The number of hydrogen-bond donors (Lipinski definition) is 0. The number of hydrogen-bond acceptors (Lipinski definition) is 3. The molecular weight excluding hydrogens is 265 g/mol. The smallest absolute Gasteiger partial charge is 0.135 e. The van der Waals surface area contributed by atoms with Gasteiger partial charge in [-0.1, -0.05) is 26.8 Å². The van der Waals surface area contributed by atoms with Crippen LogP contribution in [0.25, 0.3) is 0 Å². The summed E-state index contributed by atoms with van der Waals surface area (Å²) in [6, 6.07) is 7.00. The molecule has 3 nitrogen and oxygen atoms in total. The fourth-order valence-electron chi connectivity index (χ4n) is 2.60. The van der Waals surface area contributed by atoms with Crippen molar-refractivity contribution in [1.29, 1.82) is 0 Å². The van der Waals surface area contributed by atoms with E-state index in [1.165, 1.54) is 11.6 Å². The van der Waals surface area contributed by atoms with Gasteiger partial charge in [-0.15, -0.1) is 0 Å². The normalized spacial score (nSPS) is 15.0. The van der Waals surface area contributed by atoms with E-state index >= 15 is 0 Å². The molecule has 1 aliphatic heterocycles. The Morgan fingerprint density at radius 2 is 1.95 bits per heavy atom. The molecule has 1 aliphatic rings. The minimum Gasteiger partial charge on any atom is -0.352 e. The minimum atomic E-state index is -0.153. The van der Waals surface area contributed by atoms with Crippen molar-refractivity contribution in [2.45, 2.75) is 39.2 Å². The highest BCUT2D eigenvalue weighted by molar-refractivity contribution is 5.44. The number of halogens is 1. The summed E-state index contributed by atoms with van der Waals surface area (Å²) in [7, 11) is 0. The molecule has 0 amide bonds. The van der Waals surface area contributed by atoms with Crippen LogP contribution in [0.15, 0.2) is 30.5 Å². The van der Waals surface area contributed by atoms with Crippen molar-refractivity contribution in [2.24, 2.45) is 0 Å². The molecule has 0 saturated carbocycles. The lowest BCUT2D eigenvalue weighted by atomic mass is 9.95. The summed E-state index contributed by atoms with van der Waals surface area (Å²) in [6.45, 7) is 7.97. The van der Waals surface area contributed by atoms with Gasteiger partial charge in [0.2, 0.25) is 0 Å². The van der Waals surface area contributed by atoms with Gasteiger partial charge in [-0.2, -0.15) is 0 Å². The third-order valence-corrected chi connectivity index (χ3v) is 3.82. The highest BCUT2D eigenvalue weighted by Crippen LogP contribution is 2.25. The van der Waals surface area contributed by atoms with Crippen LogP contribution in [-0.2, 0) is 18.4 Å². The van der Waals surface area contributed by atoms with Gasteiger partial charge in [0.15, 0.2) is 0 Å². The van der Waals surface area contributed by atoms with Gasteiger partial charge in [-0.05, 0) is 35.7 Å². The van der Waals surface area contributed by atoms with E-state index in [1.54, 1.807) is 6.07 Å². The second kappa shape index (κ2) is 5.10. The second-order valence-electron chi connectivity index (χ2n) is 6.57. The molecule has 0 spiro atoms. The molecule has 0 unspecified atom stereocenters. The van der Waals surface area contributed by atoms with Gasteiger partial charge in [0.25, 0.3) is 0 Å². The van der Waals surface area contributed by atoms with E-state index in [4.69, 9.17) is 4.98 Å². The summed E-state index contributed by atoms with van der Waals surface area (Å²) in [5.41, 5.74) is 2.22. The Morgan fingerprint density at radius 1 is 1.14 bits per heavy atom. The Bertz CT molecular complexity index is 661. The summed E-state index contributed by atoms with van der Waals surface area (Å²) in [6.07, 6.45) is 2.67. The van der Waals surface area contributed by atoms with E-state index < -0.39 is 0 Å². The molecule has 1 aromatic heterocycles. The first kappa shape index (κ1) is 14.0. The van der Waals surface area contributed by atoms with Crippen LogP contribution in [0.2, 0.25) is 0 Å². The van der Waals surface area contributed by atoms with Crippen LogP contribution in [0.3, 0.4) is 0 Å². The van der Waals surface area contributed by atoms with Crippen molar-refractivity contribution in [3.8, 4) is 0 Å². The maximum absolute atomic E-state index is 13.3. The molecule has 0 bridgehead atoms. The Kier molecular flexibility index (Phi) is 3.40. The van der Waals surface area contributed by atoms with Crippen LogP contribution in [0.5, 0.6) is 0 Å². The van der Waals surface area contributed by atoms with E-state index in [-0.39, 0.29) is 11.2 Å². The first-order chi connectivity index (χ1) is 9.93. The number of anilines is 1. The molecule has 0 fully saturated rings. The molecule has 0 saturated heterocycles. The van der Waals surface area contributed by atoms with Gasteiger partial charge < -0.3 is 4.90 Å². The van der Waals surface area contributed by atoms with Crippen molar-refractivity contribution in [1.82, 2.24) is 9.97 Å². The second-order valence-corrected chi connectivity index (χ2v) is 6.57. The molecule has 0 radical (unpaired) electrons. The first-order valence-electron chi connectivity index (χ1n) is 7.29. The number of fused-ring (bicyclic) bond motifs is 1. The molecule has 21 heavy (non-hydrogen) atoms. The summed E-state index contributed by atoms with van der Waals surface area (Å²) in [5.74, 6) is 1.65. The number of benzene rings is 1. The number of aromatic nitrogens is 2. The lowest BCUT2D eigenvalue weighted by Crippen LogP contribution is -2.32. The largest absolute Gasteiger partial charge is 0.352 e. The standard InChI is InChI=1S/C17H20FN3/c1-17(2,3)16-19-8-6-15(20-16)21-9-7-12-10-14(18)5-4-13(12)11-21/h4-6,8,10H,7,9,11H2,1-3H3. The Labute approximate surface area is 124 Å². The van der Waals surface area contributed by atoms with Crippen molar-refractivity contribution in [3.63, 3.8) is 0 Å². The molecule has 0 N–H and O–H groups in total. The Hall–Kier alpha value is -1.97. The predicted molar refractivity (Wildman–Crippen MR) is 81.9 cm³/mol. The molecule has 1 aromatic carbocycles. The third kappa shape index (κ3) is 2.89. The number of rotatable bonds is 1. The third-order valence-electron chi connectivity index (χ3n) is 3.82. The average Bonchev–Trinajstić information content (AvgIpc) is 2.46. The molecule has 4 heteroatoms. The zero-order valence-corrected chi connectivity index (χ0v) is 12.7. The summed E-state index contributed by atoms with van der Waals surface area (Å²) in [4.78, 5) is 11.3. The lowest BCUT2D eigenvalue weighted by molar-refractivity contribution is 0.542. The van der Waals surface area contributed by atoms with Crippen LogP contribution >= 0.6 is 0 Å². The highest BCUT2D eigenvalue weighted by Gasteiger charge is 2.21. The molecule has 2 aromatic rings. The van der Waals surface area contributed by atoms with Gasteiger partial charge in [0.05, 0.1) is 0 Å². The number of nitrogens with zero attached hydrogens (tertiary/aromatic N) is 3. The molecular formula is C17H20FN3. The van der Waals surface area contributed by atoms with Gasteiger partial charge in [0.1, 0.15) is 17.5 Å². The quantitative estimate of drug-likeness (QED) is 0.803. The van der Waals surface area contributed by atoms with Crippen LogP contribution in [-0.4, -0.2) is 16.5 Å². The van der Waals surface area contributed by atoms with Gasteiger partial charge in [-0.25, -0.2) is 14.4 Å². The zero-order valence-electron chi connectivity index (χ0n) is 12.7. The summed E-state index contributed by atoms with van der Waals surface area (Å²) in [5, 5.41) is 0. The lowest BCUT2D eigenvalue weighted by Gasteiger charge is -2.30. The SMILES string of the molecule is CC(C)(C)c1nccc(N2CCc3cc(F)ccc3C2)n1. The molecule has 3 rings (SSSR count). The van der Waals surface area contributed by atoms with Crippen molar-refractivity contribution in [2.75, 3.05) is 11.4 Å². The fourth-order valence-corrected chi connectivity index (χ4v) is 2.60. The average molecular weight is 285 g/mol. The molecule has 2 heterocycles. The topological polar surface area (TPSA) is 29.0 Å². The Balaban J connectivity index is 1.88. The first-order valence-corrected chi connectivity index (χ1v) is 7.29. The molecule has 110 valence electrons. The van der Waals surface area contributed by atoms with E-state index in [0.29, 0.717) is 0 Å².